The second kappa shape index (κ2) is 3.44. The first kappa shape index (κ1) is 10.3. The summed E-state index contributed by atoms with van der Waals surface area (Å²) in [6.45, 7) is 6.82. The molecule has 1 aromatic carbocycles. The average molecular weight is 205 g/mol. The molecule has 2 heteroatoms. The smallest absolute Gasteiger partial charge is 0.119 e. The van der Waals surface area contributed by atoms with Gasteiger partial charge in [-0.15, -0.1) is 0 Å². The molecule has 0 aromatic heterocycles. The normalized spacial score (nSPS) is 22.8. The van der Waals surface area contributed by atoms with Crippen molar-refractivity contribution in [2.45, 2.75) is 38.6 Å². The van der Waals surface area contributed by atoms with Crippen LogP contribution in [-0.4, -0.2) is 13.2 Å². The molecule has 0 spiro atoms. The minimum Gasteiger partial charge on any atom is -0.497 e. The van der Waals surface area contributed by atoms with Crippen molar-refractivity contribution in [1.29, 1.82) is 0 Å². The van der Waals surface area contributed by atoms with Crippen molar-refractivity contribution in [2.24, 2.45) is 0 Å². The number of methoxy groups -OCH3 is 1. The molecule has 1 aliphatic heterocycles. The molecule has 0 radical (unpaired) electrons. The SMILES string of the molecule is COc1ccc2c(c1)C(C)(C)CC(C)N2. The number of anilines is 1. The molecule has 2 nitrogen and oxygen atoms in total. The Morgan fingerprint density at radius 3 is 2.80 bits per heavy atom. The largest absolute Gasteiger partial charge is 0.497 e. The third-order valence-electron chi connectivity index (χ3n) is 3.17. The van der Waals surface area contributed by atoms with Gasteiger partial charge in [-0.3, -0.25) is 0 Å². The van der Waals surface area contributed by atoms with E-state index >= 15 is 0 Å². The maximum absolute atomic E-state index is 5.27. The fourth-order valence-electron chi connectivity index (χ4n) is 2.53. The monoisotopic (exact) mass is 205 g/mol. The number of rotatable bonds is 1. The summed E-state index contributed by atoms with van der Waals surface area (Å²) in [5.41, 5.74) is 2.84. The lowest BCUT2D eigenvalue weighted by Crippen LogP contribution is -2.34. The Kier molecular flexibility index (Phi) is 2.37. The van der Waals surface area contributed by atoms with Crippen molar-refractivity contribution in [2.75, 3.05) is 12.4 Å². The third kappa shape index (κ3) is 1.81. The van der Waals surface area contributed by atoms with E-state index in [1.807, 2.05) is 6.07 Å². The van der Waals surface area contributed by atoms with Crippen molar-refractivity contribution < 1.29 is 4.74 Å². The lowest BCUT2D eigenvalue weighted by Gasteiger charge is -2.37. The summed E-state index contributed by atoms with van der Waals surface area (Å²) in [5.74, 6) is 0.943. The number of fused-ring (bicyclic) bond motifs is 1. The van der Waals surface area contributed by atoms with Crippen molar-refractivity contribution in [3.8, 4) is 5.75 Å². The van der Waals surface area contributed by atoms with Crippen molar-refractivity contribution in [3.05, 3.63) is 23.8 Å². The van der Waals surface area contributed by atoms with Gasteiger partial charge in [0.2, 0.25) is 0 Å². The van der Waals surface area contributed by atoms with Gasteiger partial charge in [0, 0.05) is 11.7 Å². The van der Waals surface area contributed by atoms with Gasteiger partial charge in [0.05, 0.1) is 7.11 Å². The summed E-state index contributed by atoms with van der Waals surface area (Å²) >= 11 is 0. The van der Waals surface area contributed by atoms with E-state index in [2.05, 4.69) is 38.2 Å². The second-order valence-corrected chi connectivity index (χ2v) is 5.04. The molecular formula is C13H19NO. The molecule has 0 saturated heterocycles. The lowest BCUT2D eigenvalue weighted by atomic mass is 9.76. The minimum absolute atomic E-state index is 0.231. The van der Waals surface area contributed by atoms with Gasteiger partial charge in [0.1, 0.15) is 5.75 Å². The molecule has 1 aromatic rings. The van der Waals surface area contributed by atoms with Gasteiger partial charge in [-0.1, -0.05) is 13.8 Å². The summed E-state index contributed by atoms with van der Waals surface area (Å²) in [4.78, 5) is 0. The first-order valence-corrected chi connectivity index (χ1v) is 5.48. The Morgan fingerprint density at radius 2 is 2.13 bits per heavy atom. The van der Waals surface area contributed by atoms with E-state index in [1.54, 1.807) is 7.11 Å². The van der Waals surface area contributed by atoms with Crippen LogP contribution in [0.4, 0.5) is 5.69 Å². The van der Waals surface area contributed by atoms with E-state index in [9.17, 15) is 0 Å². The molecular weight excluding hydrogens is 186 g/mol. The van der Waals surface area contributed by atoms with Gasteiger partial charge in [-0.25, -0.2) is 0 Å². The molecule has 0 fully saturated rings. The molecule has 1 atom stereocenters. The zero-order valence-corrected chi connectivity index (χ0v) is 9.92. The zero-order valence-electron chi connectivity index (χ0n) is 9.92. The van der Waals surface area contributed by atoms with E-state index in [4.69, 9.17) is 4.74 Å². The van der Waals surface area contributed by atoms with E-state index in [0.29, 0.717) is 6.04 Å². The molecule has 1 N–H and O–H groups in total. The molecule has 1 unspecified atom stereocenters. The average Bonchev–Trinajstić information content (AvgIpc) is 2.16. The highest BCUT2D eigenvalue weighted by atomic mass is 16.5. The molecule has 2 rings (SSSR count). The van der Waals surface area contributed by atoms with Crippen LogP contribution in [0.3, 0.4) is 0 Å². The van der Waals surface area contributed by atoms with Gasteiger partial charge in [-0.05, 0) is 42.5 Å². The van der Waals surface area contributed by atoms with Gasteiger partial charge >= 0.3 is 0 Å². The molecule has 0 bridgehead atoms. The zero-order chi connectivity index (χ0) is 11.1. The predicted octanol–water partition coefficient (Wildman–Crippen LogP) is 3.18. The van der Waals surface area contributed by atoms with E-state index in [1.165, 1.54) is 11.3 Å². The van der Waals surface area contributed by atoms with E-state index in [-0.39, 0.29) is 5.41 Å². The van der Waals surface area contributed by atoms with Crippen LogP contribution >= 0.6 is 0 Å². The number of hydrogen-bond acceptors (Lipinski definition) is 2. The van der Waals surface area contributed by atoms with Crippen LogP contribution in [0.15, 0.2) is 18.2 Å². The van der Waals surface area contributed by atoms with Crippen molar-refractivity contribution in [3.63, 3.8) is 0 Å². The van der Waals surface area contributed by atoms with Gasteiger partial charge < -0.3 is 10.1 Å². The summed E-state index contributed by atoms with van der Waals surface area (Å²) < 4.78 is 5.27. The van der Waals surface area contributed by atoms with E-state index in [0.717, 1.165) is 12.2 Å². The Hall–Kier alpha value is -1.18. The van der Waals surface area contributed by atoms with Gasteiger partial charge in [0.25, 0.3) is 0 Å². The summed E-state index contributed by atoms with van der Waals surface area (Å²) in [6.07, 6.45) is 1.16. The highest BCUT2D eigenvalue weighted by Gasteiger charge is 2.30. The van der Waals surface area contributed by atoms with Crippen LogP contribution in [0.5, 0.6) is 5.75 Å². The Morgan fingerprint density at radius 1 is 1.40 bits per heavy atom. The Balaban J connectivity index is 2.48. The molecule has 0 aliphatic carbocycles. The second-order valence-electron chi connectivity index (χ2n) is 5.04. The van der Waals surface area contributed by atoms with Crippen LogP contribution in [0.2, 0.25) is 0 Å². The highest BCUT2D eigenvalue weighted by Crippen LogP contribution is 2.40. The molecule has 1 aliphatic rings. The maximum Gasteiger partial charge on any atom is 0.119 e. The van der Waals surface area contributed by atoms with Crippen LogP contribution in [0.1, 0.15) is 32.8 Å². The summed E-state index contributed by atoms with van der Waals surface area (Å²) in [6, 6.07) is 6.82. The molecule has 0 saturated carbocycles. The first-order valence-electron chi connectivity index (χ1n) is 5.48. The summed E-state index contributed by atoms with van der Waals surface area (Å²) in [5, 5.41) is 3.51. The number of hydrogen-bond donors (Lipinski definition) is 1. The van der Waals surface area contributed by atoms with Gasteiger partial charge in [0.15, 0.2) is 0 Å². The number of benzene rings is 1. The molecule has 1 heterocycles. The molecule has 15 heavy (non-hydrogen) atoms. The maximum atomic E-state index is 5.27. The van der Waals surface area contributed by atoms with Gasteiger partial charge in [-0.2, -0.15) is 0 Å². The number of nitrogens with one attached hydrogen (secondary N) is 1. The lowest BCUT2D eigenvalue weighted by molar-refractivity contribution is 0.404. The van der Waals surface area contributed by atoms with Crippen LogP contribution < -0.4 is 10.1 Å². The quantitative estimate of drug-likeness (QED) is 0.760. The van der Waals surface area contributed by atoms with Crippen molar-refractivity contribution in [1.82, 2.24) is 0 Å². The topological polar surface area (TPSA) is 21.3 Å². The van der Waals surface area contributed by atoms with Crippen LogP contribution in [0.25, 0.3) is 0 Å². The first-order chi connectivity index (χ1) is 7.03. The number of ether oxygens (including phenoxy) is 1. The Bertz CT molecular complexity index is 371. The molecule has 0 amide bonds. The van der Waals surface area contributed by atoms with Crippen LogP contribution in [-0.2, 0) is 5.41 Å². The van der Waals surface area contributed by atoms with Crippen molar-refractivity contribution >= 4 is 5.69 Å². The standard InChI is InChI=1S/C13H19NO/c1-9-8-13(2,3)11-7-10(15-4)5-6-12(11)14-9/h5-7,9,14H,8H2,1-4H3. The summed E-state index contributed by atoms with van der Waals surface area (Å²) in [7, 11) is 1.72. The highest BCUT2D eigenvalue weighted by molar-refractivity contribution is 5.59. The fourth-order valence-corrected chi connectivity index (χ4v) is 2.53. The third-order valence-corrected chi connectivity index (χ3v) is 3.17. The fraction of sp³-hybridized carbons (Fsp3) is 0.538. The van der Waals surface area contributed by atoms with Crippen LogP contribution in [0, 0.1) is 0 Å². The predicted molar refractivity (Wildman–Crippen MR) is 63.7 cm³/mol. The minimum atomic E-state index is 0.231. The molecule has 82 valence electrons. The Labute approximate surface area is 91.6 Å². The van der Waals surface area contributed by atoms with E-state index < -0.39 is 0 Å².